The van der Waals surface area contributed by atoms with Crippen LogP contribution in [0.5, 0.6) is 0 Å². The maximum atomic E-state index is 14.0. The number of fused-ring (bicyclic) bond motifs is 1. The van der Waals surface area contributed by atoms with Crippen LogP contribution >= 0.6 is 0 Å². The Bertz CT molecular complexity index is 1080. The number of rotatable bonds is 5. The molecule has 0 spiro atoms. The molecule has 3 heterocycles. The maximum Gasteiger partial charge on any atom is 0.272 e. The number of H-pyrrole nitrogens is 1. The summed E-state index contributed by atoms with van der Waals surface area (Å²) in [6, 6.07) is 2.67. The van der Waals surface area contributed by atoms with Crippen molar-refractivity contribution in [2.75, 3.05) is 25.6 Å². The fourth-order valence-corrected chi connectivity index (χ4v) is 3.34. The van der Waals surface area contributed by atoms with Crippen molar-refractivity contribution < 1.29 is 23.4 Å². The van der Waals surface area contributed by atoms with Gasteiger partial charge in [0.15, 0.2) is 5.65 Å². The molecule has 11 heteroatoms. The van der Waals surface area contributed by atoms with Crippen LogP contribution in [-0.2, 0) is 11.3 Å². The molecular formula is C19H20F2N6O3. The van der Waals surface area contributed by atoms with E-state index in [4.69, 9.17) is 4.74 Å². The van der Waals surface area contributed by atoms with Crippen LogP contribution in [0, 0.1) is 11.6 Å². The summed E-state index contributed by atoms with van der Waals surface area (Å²) in [6.07, 6.45) is 1.14. The fourth-order valence-electron chi connectivity index (χ4n) is 3.34. The van der Waals surface area contributed by atoms with E-state index in [9.17, 15) is 18.7 Å². The number of aliphatic hydroxyl groups is 1. The average Bonchev–Trinajstić information content (AvgIpc) is 3.17. The molecule has 30 heavy (non-hydrogen) atoms. The zero-order valence-electron chi connectivity index (χ0n) is 16.1. The summed E-state index contributed by atoms with van der Waals surface area (Å²) < 4.78 is 32.8. The van der Waals surface area contributed by atoms with Crippen LogP contribution in [0.1, 0.15) is 22.5 Å². The molecule has 2 aromatic heterocycles. The predicted molar refractivity (Wildman–Crippen MR) is 103 cm³/mol. The Morgan fingerprint density at radius 1 is 1.40 bits per heavy atom. The highest BCUT2D eigenvalue weighted by Gasteiger charge is 2.27. The van der Waals surface area contributed by atoms with E-state index in [0.717, 1.165) is 18.2 Å². The molecule has 0 unspecified atom stereocenters. The molecule has 0 aliphatic carbocycles. The number of amides is 1. The number of aromatic amines is 1. The van der Waals surface area contributed by atoms with Gasteiger partial charge in [0, 0.05) is 25.8 Å². The molecule has 1 aliphatic rings. The number of carbonyl (C=O) groups excluding carboxylic acids is 1. The van der Waals surface area contributed by atoms with Crippen LogP contribution in [0.4, 0.5) is 14.6 Å². The van der Waals surface area contributed by atoms with Gasteiger partial charge in [0.25, 0.3) is 5.91 Å². The number of hydrogen-bond donors (Lipinski definition) is 3. The Hall–Kier alpha value is -3.18. The van der Waals surface area contributed by atoms with E-state index < -0.39 is 29.7 Å². The van der Waals surface area contributed by atoms with Gasteiger partial charge in [-0.25, -0.2) is 18.7 Å². The van der Waals surface area contributed by atoms with E-state index in [1.807, 2.05) is 0 Å². The van der Waals surface area contributed by atoms with Crippen LogP contribution in [0.2, 0.25) is 0 Å². The Balaban J connectivity index is 1.62. The minimum atomic E-state index is -0.631. The summed E-state index contributed by atoms with van der Waals surface area (Å²) in [6.45, 7) is 0.608. The Labute approximate surface area is 170 Å². The predicted octanol–water partition coefficient (Wildman–Crippen LogP) is 1.46. The van der Waals surface area contributed by atoms with Gasteiger partial charge in [-0.2, -0.15) is 5.10 Å². The standard InChI is InChI=1S/C19H20F2N6O3/c1-27(7-10-6-11(20)2-3-12(10)21)19(29)16-15-17(22-9-23-18(15)26-25-16)24-13-8-30-5-4-14(13)28/h2-3,6,9,13-14,28H,4-5,7-8H2,1H3,(H2,22,23,24,25,26)/t13-,14-/m1/s1. The van der Waals surface area contributed by atoms with Gasteiger partial charge >= 0.3 is 0 Å². The third kappa shape index (κ3) is 3.94. The molecule has 0 saturated carbocycles. The summed E-state index contributed by atoms with van der Waals surface area (Å²) in [5.41, 5.74) is 0.401. The van der Waals surface area contributed by atoms with Gasteiger partial charge in [-0.1, -0.05) is 0 Å². The van der Waals surface area contributed by atoms with Crippen LogP contribution in [0.25, 0.3) is 11.0 Å². The van der Waals surface area contributed by atoms with Gasteiger partial charge in [-0.15, -0.1) is 0 Å². The first kappa shape index (κ1) is 20.1. The molecule has 3 N–H and O–H groups in total. The Kier molecular flexibility index (Phi) is 5.55. The first-order valence-corrected chi connectivity index (χ1v) is 9.35. The molecule has 4 rings (SSSR count). The van der Waals surface area contributed by atoms with Gasteiger partial charge < -0.3 is 20.1 Å². The summed E-state index contributed by atoms with van der Waals surface area (Å²) in [4.78, 5) is 22.5. The summed E-state index contributed by atoms with van der Waals surface area (Å²) in [7, 11) is 1.47. The maximum absolute atomic E-state index is 14.0. The minimum absolute atomic E-state index is 0.0479. The van der Waals surface area contributed by atoms with E-state index in [2.05, 4.69) is 25.5 Å². The van der Waals surface area contributed by atoms with Crippen molar-refractivity contribution in [3.63, 3.8) is 0 Å². The van der Waals surface area contributed by atoms with Crippen molar-refractivity contribution in [1.29, 1.82) is 0 Å². The summed E-state index contributed by atoms with van der Waals surface area (Å²) in [5.74, 6) is -1.38. The molecule has 1 amide bonds. The lowest BCUT2D eigenvalue weighted by Gasteiger charge is -2.29. The molecule has 158 valence electrons. The number of benzene rings is 1. The molecule has 1 aromatic carbocycles. The second-order valence-corrected chi connectivity index (χ2v) is 7.10. The topological polar surface area (TPSA) is 116 Å². The third-order valence-corrected chi connectivity index (χ3v) is 4.97. The van der Waals surface area contributed by atoms with Gasteiger partial charge in [0.05, 0.1) is 24.1 Å². The summed E-state index contributed by atoms with van der Waals surface area (Å²) >= 11 is 0. The van der Waals surface area contributed by atoms with Crippen LogP contribution in [-0.4, -0.2) is 68.5 Å². The molecule has 0 radical (unpaired) electrons. The van der Waals surface area contributed by atoms with E-state index in [-0.39, 0.29) is 30.1 Å². The number of hydrogen-bond acceptors (Lipinski definition) is 7. The molecule has 3 aromatic rings. The molecule has 1 saturated heterocycles. The number of carbonyl (C=O) groups is 1. The van der Waals surface area contributed by atoms with Gasteiger partial charge in [0.1, 0.15) is 29.5 Å². The second-order valence-electron chi connectivity index (χ2n) is 7.10. The number of nitrogens with one attached hydrogen (secondary N) is 2. The number of halogens is 2. The number of aliphatic hydroxyl groups excluding tert-OH is 1. The second kappa shape index (κ2) is 8.28. The highest BCUT2D eigenvalue weighted by Crippen LogP contribution is 2.25. The first-order valence-electron chi connectivity index (χ1n) is 9.35. The molecule has 0 bridgehead atoms. The van der Waals surface area contributed by atoms with Crippen molar-refractivity contribution in [3.8, 4) is 0 Å². The van der Waals surface area contributed by atoms with Crippen molar-refractivity contribution in [3.05, 3.63) is 47.4 Å². The lowest BCUT2D eigenvalue weighted by molar-refractivity contribution is 0.00308. The van der Waals surface area contributed by atoms with E-state index in [0.29, 0.717) is 24.2 Å². The van der Waals surface area contributed by atoms with Gasteiger partial charge in [-0.3, -0.25) is 9.89 Å². The van der Waals surface area contributed by atoms with E-state index >= 15 is 0 Å². The first-order chi connectivity index (χ1) is 14.4. The van der Waals surface area contributed by atoms with E-state index in [1.54, 1.807) is 0 Å². The number of aromatic nitrogens is 4. The molecule has 9 nitrogen and oxygen atoms in total. The van der Waals surface area contributed by atoms with Gasteiger partial charge in [0.2, 0.25) is 0 Å². The highest BCUT2D eigenvalue weighted by atomic mass is 19.1. The summed E-state index contributed by atoms with van der Waals surface area (Å²) in [5, 5.41) is 20.3. The van der Waals surface area contributed by atoms with Crippen LogP contribution < -0.4 is 5.32 Å². The Morgan fingerprint density at radius 2 is 2.23 bits per heavy atom. The molecule has 1 fully saturated rings. The number of nitrogens with zero attached hydrogens (tertiary/aromatic N) is 4. The highest BCUT2D eigenvalue weighted by molar-refractivity contribution is 6.07. The lowest BCUT2D eigenvalue weighted by atomic mass is 10.1. The molecule has 1 aliphatic heterocycles. The van der Waals surface area contributed by atoms with Gasteiger partial charge in [-0.05, 0) is 24.6 Å². The molecule has 2 atom stereocenters. The zero-order chi connectivity index (χ0) is 21.3. The van der Waals surface area contributed by atoms with Crippen LogP contribution in [0.3, 0.4) is 0 Å². The normalized spacial score (nSPS) is 19.1. The SMILES string of the molecule is CN(Cc1cc(F)ccc1F)C(=O)c1[nH]nc2ncnc(N[C@@H]3COCC[C@H]3O)c12. The number of ether oxygens (including phenoxy) is 1. The van der Waals surface area contributed by atoms with Crippen LogP contribution in [0.15, 0.2) is 24.5 Å². The van der Waals surface area contributed by atoms with Crippen molar-refractivity contribution in [1.82, 2.24) is 25.1 Å². The molecular weight excluding hydrogens is 398 g/mol. The monoisotopic (exact) mass is 418 g/mol. The number of anilines is 1. The van der Waals surface area contributed by atoms with Crippen molar-refractivity contribution in [2.45, 2.75) is 25.1 Å². The third-order valence-electron chi connectivity index (χ3n) is 4.97. The zero-order valence-corrected chi connectivity index (χ0v) is 16.1. The smallest absolute Gasteiger partial charge is 0.272 e. The largest absolute Gasteiger partial charge is 0.391 e. The fraction of sp³-hybridized carbons (Fsp3) is 0.368. The quantitative estimate of drug-likeness (QED) is 0.574. The van der Waals surface area contributed by atoms with Crippen molar-refractivity contribution in [2.24, 2.45) is 0 Å². The average molecular weight is 418 g/mol. The van der Waals surface area contributed by atoms with E-state index in [1.165, 1.54) is 18.3 Å². The van der Waals surface area contributed by atoms with Crippen molar-refractivity contribution >= 4 is 22.8 Å². The minimum Gasteiger partial charge on any atom is -0.391 e. The Morgan fingerprint density at radius 3 is 3.03 bits per heavy atom. The lowest BCUT2D eigenvalue weighted by Crippen LogP contribution is -2.42.